The molecule has 0 aromatic carbocycles. The van der Waals surface area contributed by atoms with Crippen LogP contribution in [0, 0.1) is 17.8 Å². The van der Waals surface area contributed by atoms with Gasteiger partial charge in [0.05, 0.1) is 6.04 Å². The van der Waals surface area contributed by atoms with E-state index < -0.39 is 47.9 Å². The molecule has 0 aromatic rings. The van der Waals surface area contributed by atoms with Gasteiger partial charge in [-0.3, -0.25) is 19.4 Å². The summed E-state index contributed by atoms with van der Waals surface area (Å²) >= 11 is 0. The van der Waals surface area contributed by atoms with Gasteiger partial charge in [0.2, 0.25) is 17.7 Å². The molecule has 202 valence electrons. The van der Waals surface area contributed by atoms with Gasteiger partial charge in [-0.05, 0) is 30.6 Å². The summed E-state index contributed by atoms with van der Waals surface area (Å²) in [6.07, 6.45) is 1.84. The molecule has 0 bridgehead atoms. The highest BCUT2D eigenvalue weighted by Gasteiger charge is 2.33. The number of nitrogens with one attached hydrogen (secondary N) is 3. The van der Waals surface area contributed by atoms with Crippen LogP contribution in [0.1, 0.15) is 67.2 Å². The second kappa shape index (κ2) is 15.9. The lowest BCUT2D eigenvalue weighted by Gasteiger charge is -2.28. The number of aliphatic carboxylic acids is 1. The minimum atomic E-state index is -1.15. The Bertz CT molecular complexity index is 740. The van der Waals surface area contributed by atoms with Crippen LogP contribution in [-0.2, 0) is 19.2 Å². The van der Waals surface area contributed by atoms with Crippen LogP contribution in [0.3, 0.4) is 0 Å². The Kier molecular flexibility index (Phi) is 14.6. The Hall–Kier alpha value is -2.89. The highest BCUT2D eigenvalue weighted by molar-refractivity contribution is 5.94. The number of carbonyl (C=O) groups is 4. The lowest BCUT2D eigenvalue weighted by atomic mass is 9.96. The first-order chi connectivity index (χ1) is 16.3. The molecular formula is C23H45N7O5. The molecule has 3 amide bonds. The largest absolute Gasteiger partial charge is 0.480 e. The van der Waals surface area contributed by atoms with Gasteiger partial charge in [-0.25, -0.2) is 4.79 Å². The molecule has 35 heavy (non-hydrogen) atoms. The van der Waals surface area contributed by atoms with E-state index in [9.17, 15) is 24.3 Å². The van der Waals surface area contributed by atoms with Gasteiger partial charge < -0.3 is 38.3 Å². The minimum absolute atomic E-state index is 0.0836. The van der Waals surface area contributed by atoms with Crippen molar-refractivity contribution in [3.8, 4) is 0 Å². The maximum atomic E-state index is 13.1. The topological polar surface area (TPSA) is 215 Å². The van der Waals surface area contributed by atoms with E-state index in [0.717, 1.165) is 0 Å². The number of nitrogens with two attached hydrogens (primary N) is 3. The van der Waals surface area contributed by atoms with Crippen LogP contribution in [0.2, 0.25) is 0 Å². The molecule has 0 radical (unpaired) electrons. The normalized spacial score (nSPS) is 16.2. The third-order valence-corrected chi connectivity index (χ3v) is 6.16. The van der Waals surface area contributed by atoms with Crippen molar-refractivity contribution in [1.29, 1.82) is 0 Å². The molecule has 0 spiro atoms. The fourth-order valence-electron chi connectivity index (χ4n) is 3.27. The number of carbonyl (C=O) groups excluding carboxylic acids is 3. The number of nitrogens with zero attached hydrogens (tertiary/aromatic N) is 1. The first-order valence-corrected chi connectivity index (χ1v) is 12.2. The van der Waals surface area contributed by atoms with E-state index in [2.05, 4.69) is 20.9 Å². The third kappa shape index (κ3) is 11.4. The second-order valence-corrected chi connectivity index (χ2v) is 9.36. The quantitative estimate of drug-likeness (QED) is 0.0844. The summed E-state index contributed by atoms with van der Waals surface area (Å²) in [7, 11) is 0. The average molecular weight is 500 g/mol. The van der Waals surface area contributed by atoms with Gasteiger partial charge in [0.15, 0.2) is 5.96 Å². The lowest BCUT2D eigenvalue weighted by Crippen LogP contribution is -2.59. The number of hydrogen-bond acceptors (Lipinski definition) is 6. The zero-order valence-corrected chi connectivity index (χ0v) is 21.8. The molecule has 0 heterocycles. The molecule has 0 aliphatic rings. The van der Waals surface area contributed by atoms with Crippen molar-refractivity contribution in [2.75, 3.05) is 6.54 Å². The summed E-state index contributed by atoms with van der Waals surface area (Å²) in [5, 5.41) is 17.4. The van der Waals surface area contributed by atoms with Gasteiger partial charge in [0.25, 0.3) is 0 Å². The SMILES string of the molecule is CCC(C)C(N)C(=O)NC(CCCN=C(N)N)C(=O)NC(C(=O)NC(C(=O)O)C(C)CC)C(C)C. The molecular weight excluding hydrogens is 454 g/mol. The predicted octanol–water partition coefficient (Wildman–Crippen LogP) is -0.345. The fraction of sp³-hybridized carbons (Fsp3) is 0.783. The zero-order valence-electron chi connectivity index (χ0n) is 21.8. The Morgan fingerprint density at radius 1 is 0.829 bits per heavy atom. The predicted molar refractivity (Wildman–Crippen MR) is 135 cm³/mol. The molecule has 0 aromatic heterocycles. The molecule has 0 fully saturated rings. The first-order valence-electron chi connectivity index (χ1n) is 12.2. The van der Waals surface area contributed by atoms with Gasteiger partial charge in [-0.1, -0.05) is 54.4 Å². The molecule has 12 nitrogen and oxygen atoms in total. The molecule has 10 N–H and O–H groups in total. The molecule has 0 aliphatic heterocycles. The van der Waals surface area contributed by atoms with Gasteiger partial charge in [-0.2, -0.15) is 0 Å². The van der Waals surface area contributed by atoms with E-state index in [1.54, 1.807) is 20.8 Å². The molecule has 6 unspecified atom stereocenters. The smallest absolute Gasteiger partial charge is 0.326 e. The van der Waals surface area contributed by atoms with Crippen molar-refractivity contribution in [2.24, 2.45) is 39.9 Å². The van der Waals surface area contributed by atoms with E-state index in [-0.39, 0.29) is 36.7 Å². The van der Waals surface area contributed by atoms with Crippen molar-refractivity contribution in [3.05, 3.63) is 0 Å². The number of amides is 3. The van der Waals surface area contributed by atoms with Gasteiger partial charge in [-0.15, -0.1) is 0 Å². The van der Waals surface area contributed by atoms with Crippen LogP contribution in [0.4, 0.5) is 0 Å². The Morgan fingerprint density at radius 2 is 1.37 bits per heavy atom. The first kappa shape index (κ1) is 32.1. The summed E-state index contributed by atoms with van der Waals surface area (Å²) in [4.78, 5) is 54.2. The van der Waals surface area contributed by atoms with Crippen LogP contribution >= 0.6 is 0 Å². The maximum Gasteiger partial charge on any atom is 0.326 e. The molecule has 0 rings (SSSR count). The monoisotopic (exact) mass is 499 g/mol. The standard InChI is InChI=1S/C23H45N7O5/c1-7-13(5)16(24)20(32)28-15(10-9-11-27-23(25)26)19(31)29-17(12(3)4)21(33)30-18(22(34)35)14(6)8-2/h12-18H,7-11,24H2,1-6H3,(H,28,32)(H,29,31)(H,30,33)(H,34,35)(H4,25,26,27). The van der Waals surface area contributed by atoms with E-state index in [4.69, 9.17) is 17.2 Å². The second-order valence-electron chi connectivity index (χ2n) is 9.36. The number of rotatable bonds is 16. The Morgan fingerprint density at radius 3 is 1.83 bits per heavy atom. The van der Waals surface area contributed by atoms with Gasteiger partial charge in [0.1, 0.15) is 18.1 Å². The number of carboxylic acid groups (broad SMARTS) is 1. The number of guanidine groups is 1. The summed E-state index contributed by atoms with van der Waals surface area (Å²) in [6.45, 7) is 11.0. The van der Waals surface area contributed by atoms with E-state index >= 15 is 0 Å². The fourth-order valence-corrected chi connectivity index (χ4v) is 3.27. The molecule has 0 saturated carbocycles. The van der Waals surface area contributed by atoms with Crippen LogP contribution in [0.5, 0.6) is 0 Å². The zero-order chi connectivity index (χ0) is 27.3. The Labute approximate surface area is 208 Å². The van der Waals surface area contributed by atoms with Crippen molar-refractivity contribution in [1.82, 2.24) is 16.0 Å². The van der Waals surface area contributed by atoms with Crippen LogP contribution in [0.25, 0.3) is 0 Å². The van der Waals surface area contributed by atoms with Crippen molar-refractivity contribution >= 4 is 29.7 Å². The van der Waals surface area contributed by atoms with Crippen LogP contribution < -0.4 is 33.2 Å². The van der Waals surface area contributed by atoms with Crippen LogP contribution in [0.15, 0.2) is 4.99 Å². The third-order valence-electron chi connectivity index (χ3n) is 6.16. The summed E-state index contributed by atoms with van der Waals surface area (Å²) < 4.78 is 0. The number of carboxylic acids is 1. The maximum absolute atomic E-state index is 13.1. The molecule has 12 heteroatoms. The average Bonchev–Trinajstić information content (AvgIpc) is 2.79. The molecule has 0 aliphatic carbocycles. The highest BCUT2D eigenvalue weighted by Crippen LogP contribution is 2.11. The van der Waals surface area contributed by atoms with Gasteiger partial charge in [0, 0.05) is 6.54 Å². The van der Waals surface area contributed by atoms with Crippen molar-refractivity contribution in [3.63, 3.8) is 0 Å². The number of hydrogen-bond donors (Lipinski definition) is 7. The summed E-state index contributed by atoms with van der Waals surface area (Å²) in [5.41, 5.74) is 16.7. The van der Waals surface area contributed by atoms with Crippen LogP contribution in [-0.4, -0.2) is 65.5 Å². The minimum Gasteiger partial charge on any atom is -0.480 e. The highest BCUT2D eigenvalue weighted by atomic mass is 16.4. The van der Waals surface area contributed by atoms with E-state index in [1.165, 1.54) is 0 Å². The van der Waals surface area contributed by atoms with E-state index in [1.807, 2.05) is 20.8 Å². The lowest BCUT2D eigenvalue weighted by molar-refractivity contribution is -0.144. The van der Waals surface area contributed by atoms with E-state index in [0.29, 0.717) is 19.3 Å². The summed E-state index contributed by atoms with van der Waals surface area (Å²) in [5.74, 6) is -3.63. The van der Waals surface area contributed by atoms with Crippen molar-refractivity contribution in [2.45, 2.75) is 91.4 Å². The van der Waals surface area contributed by atoms with Gasteiger partial charge >= 0.3 is 5.97 Å². The summed E-state index contributed by atoms with van der Waals surface area (Å²) in [6, 6.07) is -3.88. The molecule has 6 atom stereocenters. The Balaban J connectivity index is 5.61. The molecule has 0 saturated heterocycles. The number of aliphatic imine (C=N–C) groups is 1. The van der Waals surface area contributed by atoms with Crippen molar-refractivity contribution < 1.29 is 24.3 Å².